The van der Waals surface area contributed by atoms with E-state index < -0.39 is 30.0 Å². The van der Waals surface area contributed by atoms with Crippen LogP contribution in [0.25, 0.3) is 0 Å². The molecule has 1 aromatic carbocycles. The van der Waals surface area contributed by atoms with E-state index >= 15 is 0 Å². The van der Waals surface area contributed by atoms with Gasteiger partial charge < -0.3 is 4.90 Å². The van der Waals surface area contributed by atoms with E-state index in [2.05, 4.69) is 9.97 Å². The number of carbonyl (C=O) groups is 3. The van der Waals surface area contributed by atoms with Gasteiger partial charge in [-0.05, 0) is 42.5 Å². The predicted octanol–water partition coefficient (Wildman–Crippen LogP) is 2.49. The van der Waals surface area contributed by atoms with Gasteiger partial charge in [-0.1, -0.05) is 6.07 Å². The summed E-state index contributed by atoms with van der Waals surface area (Å²) >= 11 is 0. The number of hydrogen-bond donors (Lipinski definition) is 2. The van der Waals surface area contributed by atoms with Crippen LogP contribution in [0, 0.1) is 5.82 Å². The van der Waals surface area contributed by atoms with Crippen molar-refractivity contribution in [1.82, 2.24) is 20.8 Å². The molecule has 3 amide bonds. The molecule has 0 radical (unpaired) electrons. The maximum Gasteiger partial charge on any atom is 0.317 e. The third-order valence-corrected chi connectivity index (χ3v) is 4.18. The standard InChI is InChI=1S/C21H16F3N5O3/c22-15-4-1-5-17(9-15)29(21(32)14-3-2-8-25-10-14)12-16-7-6-13(11-26-16)19(30)27-28-20(31)18(23)24/h1-11,18H,12H2,(H,27,30)(H,28,31). The molecule has 3 aromatic rings. The number of alkyl halides is 2. The van der Waals surface area contributed by atoms with E-state index in [1.807, 2.05) is 5.43 Å². The molecule has 32 heavy (non-hydrogen) atoms. The number of aromatic nitrogens is 2. The van der Waals surface area contributed by atoms with Gasteiger partial charge in [-0.25, -0.2) is 4.39 Å². The lowest BCUT2D eigenvalue weighted by Gasteiger charge is -2.22. The summed E-state index contributed by atoms with van der Waals surface area (Å²) < 4.78 is 38.1. The second kappa shape index (κ2) is 10.2. The number of halogens is 3. The number of nitrogens with zero attached hydrogens (tertiary/aromatic N) is 3. The molecule has 0 aliphatic rings. The minimum absolute atomic E-state index is 0.0146. The third-order valence-electron chi connectivity index (χ3n) is 4.18. The summed E-state index contributed by atoms with van der Waals surface area (Å²) in [5.74, 6) is -3.48. The number of carbonyl (C=O) groups excluding carboxylic acids is 3. The fraction of sp³-hybridized carbons (Fsp3) is 0.0952. The van der Waals surface area contributed by atoms with Gasteiger partial charge in [0, 0.05) is 24.3 Å². The number of nitrogens with one attached hydrogen (secondary N) is 2. The molecule has 0 fully saturated rings. The lowest BCUT2D eigenvalue weighted by atomic mass is 10.2. The van der Waals surface area contributed by atoms with Gasteiger partial charge in [-0.15, -0.1) is 0 Å². The molecular formula is C21H16F3N5O3. The molecule has 0 aliphatic carbocycles. The van der Waals surface area contributed by atoms with E-state index in [0.717, 1.165) is 6.20 Å². The molecule has 0 atom stereocenters. The predicted molar refractivity (Wildman–Crippen MR) is 107 cm³/mol. The minimum atomic E-state index is -3.28. The normalized spacial score (nSPS) is 10.5. The SMILES string of the molecule is O=C(NNC(=O)C(F)F)c1ccc(CN(C(=O)c2cccnc2)c2cccc(F)c2)nc1. The number of pyridine rings is 2. The second-order valence-corrected chi connectivity index (χ2v) is 6.40. The molecule has 0 bridgehead atoms. The van der Waals surface area contributed by atoms with Crippen LogP contribution in [-0.2, 0) is 11.3 Å². The summed E-state index contributed by atoms with van der Waals surface area (Å²) in [4.78, 5) is 45.1. The zero-order valence-corrected chi connectivity index (χ0v) is 16.3. The Balaban J connectivity index is 1.78. The molecular weight excluding hydrogens is 427 g/mol. The number of hydrazine groups is 1. The molecule has 2 N–H and O–H groups in total. The summed E-state index contributed by atoms with van der Waals surface area (Å²) in [6, 6.07) is 11.4. The molecule has 0 saturated heterocycles. The minimum Gasteiger partial charge on any atom is -0.302 e. The summed E-state index contributed by atoms with van der Waals surface area (Å²) in [7, 11) is 0. The Morgan fingerprint density at radius 3 is 2.41 bits per heavy atom. The van der Waals surface area contributed by atoms with E-state index in [4.69, 9.17) is 0 Å². The molecule has 0 aliphatic heterocycles. The molecule has 0 unspecified atom stereocenters. The Labute approximate surface area is 180 Å². The van der Waals surface area contributed by atoms with Crippen molar-refractivity contribution in [2.45, 2.75) is 13.0 Å². The first-order valence-corrected chi connectivity index (χ1v) is 9.16. The van der Waals surface area contributed by atoms with Crippen LogP contribution in [0.15, 0.2) is 67.1 Å². The molecule has 2 aromatic heterocycles. The average molecular weight is 443 g/mol. The summed E-state index contributed by atoms with van der Waals surface area (Å²) in [5, 5.41) is 0. The maximum absolute atomic E-state index is 13.8. The van der Waals surface area contributed by atoms with Crippen LogP contribution in [0.1, 0.15) is 26.4 Å². The van der Waals surface area contributed by atoms with Crippen LogP contribution in [0.2, 0.25) is 0 Å². The van der Waals surface area contributed by atoms with Crippen molar-refractivity contribution in [3.8, 4) is 0 Å². The second-order valence-electron chi connectivity index (χ2n) is 6.40. The number of amides is 3. The van der Waals surface area contributed by atoms with Crippen molar-refractivity contribution in [3.05, 3.63) is 89.8 Å². The van der Waals surface area contributed by atoms with Crippen LogP contribution in [0.3, 0.4) is 0 Å². The van der Waals surface area contributed by atoms with Gasteiger partial charge >= 0.3 is 12.3 Å². The van der Waals surface area contributed by atoms with Gasteiger partial charge in [0.25, 0.3) is 11.8 Å². The highest BCUT2D eigenvalue weighted by Gasteiger charge is 2.20. The number of benzene rings is 1. The summed E-state index contributed by atoms with van der Waals surface area (Å²) in [5.41, 5.74) is 4.33. The Kier molecular flexibility index (Phi) is 7.11. The summed E-state index contributed by atoms with van der Waals surface area (Å²) in [6.45, 7) is -0.0544. The smallest absolute Gasteiger partial charge is 0.302 e. The maximum atomic E-state index is 13.8. The van der Waals surface area contributed by atoms with Gasteiger partial charge in [0.1, 0.15) is 5.82 Å². The molecule has 11 heteroatoms. The molecule has 3 rings (SSSR count). The first kappa shape index (κ1) is 22.4. The first-order valence-electron chi connectivity index (χ1n) is 9.16. The zero-order chi connectivity index (χ0) is 23.1. The highest BCUT2D eigenvalue weighted by Crippen LogP contribution is 2.20. The van der Waals surface area contributed by atoms with E-state index in [0.29, 0.717) is 5.69 Å². The van der Waals surface area contributed by atoms with Gasteiger partial charge in [0.2, 0.25) is 0 Å². The quantitative estimate of drug-likeness (QED) is 0.570. The Morgan fingerprint density at radius 1 is 0.969 bits per heavy atom. The van der Waals surface area contributed by atoms with E-state index in [9.17, 15) is 27.6 Å². The van der Waals surface area contributed by atoms with Crippen molar-refractivity contribution in [3.63, 3.8) is 0 Å². The Morgan fingerprint density at radius 2 is 1.78 bits per heavy atom. The first-order chi connectivity index (χ1) is 15.3. The van der Waals surface area contributed by atoms with Gasteiger partial charge in [-0.2, -0.15) is 8.78 Å². The lowest BCUT2D eigenvalue weighted by Crippen LogP contribution is -2.44. The number of hydrogen-bond acceptors (Lipinski definition) is 5. The molecule has 0 saturated carbocycles. The van der Waals surface area contributed by atoms with Crippen molar-refractivity contribution in [1.29, 1.82) is 0 Å². The fourth-order valence-electron chi connectivity index (χ4n) is 2.63. The molecule has 0 spiro atoms. The fourth-order valence-corrected chi connectivity index (χ4v) is 2.63. The topological polar surface area (TPSA) is 104 Å². The van der Waals surface area contributed by atoms with E-state index in [-0.39, 0.29) is 23.4 Å². The van der Waals surface area contributed by atoms with E-state index in [1.54, 1.807) is 23.6 Å². The zero-order valence-electron chi connectivity index (χ0n) is 16.3. The van der Waals surface area contributed by atoms with Crippen molar-refractivity contribution >= 4 is 23.4 Å². The van der Waals surface area contributed by atoms with Crippen molar-refractivity contribution in [2.75, 3.05) is 4.90 Å². The monoisotopic (exact) mass is 443 g/mol. The van der Waals surface area contributed by atoms with Crippen LogP contribution in [0.5, 0.6) is 0 Å². The van der Waals surface area contributed by atoms with Gasteiger partial charge in [0.15, 0.2) is 0 Å². The Bertz CT molecular complexity index is 1110. The summed E-state index contributed by atoms with van der Waals surface area (Å²) in [6.07, 6.45) is 0.765. The van der Waals surface area contributed by atoms with Crippen molar-refractivity contribution < 1.29 is 27.6 Å². The van der Waals surface area contributed by atoms with Gasteiger partial charge in [0.05, 0.1) is 23.4 Å². The highest BCUT2D eigenvalue weighted by atomic mass is 19.3. The average Bonchev–Trinajstić information content (AvgIpc) is 2.81. The molecule has 164 valence electrons. The van der Waals surface area contributed by atoms with Crippen LogP contribution >= 0.6 is 0 Å². The molecule has 8 nitrogen and oxygen atoms in total. The van der Waals surface area contributed by atoms with Crippen LogP contribution in [-0.4, -0.2) is 34.1 Å². The van der Waals surface area contributed by atoms with Gasteiger partial charge in [-0.3, -0.25) is 35.2 Å². The largest absolute Gasteiger partial charge is 0.317 e. The lowest BCUT2D eigenvalue weighted by molar-refractivity contribution is -0.132. The highest BCUT2D eigenvalue weighted by molar-refractivity contribution is 6.05. The number of rotatable bonds is 6. The number of anilines is 1. The van der Waals surface area contributed by atoms with Crippen LogP contribution in [0.4, 0.5) is 18.9 Å². The molecule has 2 heterocycles. The van der Waals surface area contributed by atoms with Crippen molar-refractivity contribution in [2.24, 2.45) is 0 Å². The van der Waals surface area contributed by atoms with Crippen LogP contribution < -0.4 is 15.8 Å². The van der Waals surface area contributed by atoms with E-state index in [1.165, 1.54) is 47.6 Å². The Hall–Kier alpha value is -4.28. The third kappa shape index (κ3) is 5.65.